The minimum atomic E-state index is -4.01. The van der Waals surface area contributed by atoms with Crippen LogP contribution in [-0.2, 0) is 30.9 Å². The maximum Gasteiger partial charge on any atom is 0.324 e. The van der Waals surface area contributed by atoms with Crippen molar-refractivity contribution in [3.63, 3.8) is 0 Å². The molecule has 1 fully saturated rings. The van der Waals surface area contributed by atoms with Crippen molar-refractivity contribution in [1.82, 2.24) is 29.8 Å². The predicted octanol–water partition coefficient (Wildman–Crippen LogP) is 2.46. The number of fused-ring (bicyclic) bond motifs is 2. The van der Waals surface area contributed by atoms with Gasteiger partial charge in [0, 0.05) is 59.9 Å². The highest BCUT2D eigenvalue weighted by molar-refractivity contribution is 7.89. The predicted molar refractivity (Wildman–Crippen MR) is 158 cm³/mol. The van der Waals surface area contributed by atoms with Gasteiger partial charge in [-0.1, -0.05) is 18.5 Å². The normalized spacial score (nSPS) is 21.7. The summed E-state index contributed by atoms with van der Waals surface area (Å²) in [4.78, 5) is 49.1. The fourth-order valence-corrected chi connectivity index (χ4v) is 7.92. The first-order valence-corrected chi connectivity index (χ1v) is 16.1. The van der Waals surface area contributed by atoms with Gasteiger partial charge in [0.15, 0.2) is 5.01 Å². The molecule has 3 unspecified atom stereocenters. The number of nitrogens with zero attached hydrogens (tertiary/aromatic N) is 3. The van der Waals surface area contributed by atoms with E-state index in [0.717, 1.165) is 4.88 Å². The van der Waals surface area contributed by atoms with Gasteiger partial charge in [-0.15, -0.1) is 11.3 Å². The first-order chi connectivity index (χ1) is 19.7. The van der Waals surface area contributed by atoms with E-state index in [4.69, 9.17) is 16.3 Å². The van der Waals surface area contributed by atoms with Gasteiger partial charge >= 0.3 is 5.97 Å². The zero-order chi connectivity index (χ0) is 30.6. The van der Waals surface area contributed by atoms with Crippen LogP contribution in [0.3, 0.4) is 0 Å². The zero-order valence-corrected chi connectivity index (χ0v) is 26.2. The number of hydrogen-bond donors (Lipinski definition) is 3. The Labute approximate surface area is 252 Å². The quantitative estimate of drug-likeness (QED) is 0.361. The molecule has 1 saturated heterocycles. The summed E-state index contributed by atoms with van der Waals surface area (Å²) in [5.74, 6) is -1.70. The summed E-state index contributed by atoms with van der Waals surface area (Å²) in [6, 6.07) is 4.83. The molecular weight excluding hydrogens is 604 g/mol. The standard InChI is InChI=1S/C27H33ClN6O6S2/c1-14-21-19(12-30-22(14)26(37)40-27(2,3)4)41-24(32-21)25(36)34-9-8-33(13-18(34)23(35)29-5)42(38,39)20-11-15-10-16(28)6-7-17(15)31-20/h6-7,10-11,14,18,22,30-31H,8-9,12-13H2,1-5H3,(H,29,35). The average molecular weight is 637 g/mol. The van der Waals surface area contributed by atoms with Crippen molar-refractivity contribution in [2.45, 2.75) is 62.9 Å². The maximum atomic E-state index is 13.7. The molecule has 3 N–H and O–H groups in total. The van der Waals surface area contributed by atoms with Crippen molar-refractivity contribution in [3.05, 3.63) is 44.9 Å². The van der Waals surface area contributed by atoms with E-state index in [-0.39, 0.29) is 35.6 Å². The summed E-state index contributed by atoms with van der Waals surface area (Å²) in [6.45, 7) is 7.34. The van der Waals surface area contributed by atoms with Crippen LogP contribution in [0.25, 0.3) is 10.9 Å². The number of likely N-dealkylation sites (N-methyl/N-ethyl adjacent to an activating group) is 1. The third kappa shape index (κ3) is 5.78. The molecule has 5 rings (SSSR count). The van der Waals surface area contributed by atoms with E-state index in [2.05, 4.69) is 20.6 Å². The van der Waals surface area contributed by atoms with Crippen LogP contribution in [0.15, 0.2) is 29.3 Å². The van der Waals surface area contributed by atoms with Crippen molar-refractivity contribution < 1.29 is 27.5 Å². The van der Waals surface area contributed by atoms with E-state index in [1.165, 1.54) is 33.7 Å². The second-order valence-electron chi connectivity index (χ2n) is 11.4. The highest BCUT2D eigenvalue weighted by atomic mass is 35.5. The number of amides is 2. The van der Waals surface area contributed by atoms with Crippen LogP contribution >= 0.6 is 22.9 Å². The number of nitrogens with one attached hydrogen (secondary N) is 3. The fourth-order valence-electron chi connectivity index (χ4n) is 5.22. The molecule has 0 radical (unpaired) electrons. The summed E-state index contributed by atoms with van der Waals surface area (Å²) in [6.07, 6.45) is 0. The van der Waals surface area contributed by atoms with Gasteiger partial charge in [-0.25, -0.2) is 13.4 Å². The van der Waals surface area contributed by atoms with Crippen LogP contribution in [0.1, 0.15) is 54.0 Å². The highest BCUT2D eigenvalue weighted by Gasteiger charge is 2.42. The monoisotopic (exact) mass is 636 g/mol. The highest BCUT2D eigenvalue weighted by Crippen LogP contribution is 2.34. The van der Waals surface area contributed by atoms with Crippen LogP contribution < -0.4 is 10.6 Å². The molecule has 2 aliphatic heterocycles. The number of rotatable bonds is 5. The van der Waals surface area contributed by atoms with Gasteiger partial charge in [-0.05, 0) is 45.0 Å². The van der Waals surface area contributed by atoms with Gasteiger partial charge in [-0.3, -0.25) is 19.7 Å². The zero-order valence-electron chi connectivity index (χ0n) is 23.9. The van der Waals surface area contributed by atoms with Gasteiger partial charge in [0.2, 0.25) is 5.91 Å². The third-order valence-electron chi connectivity index (χ3n) is 7.31. The number of sulfonamides is 1. The maximum absolute atomic E-state index is 13.7. The summed E-state index contributed by atoms with van der Waals surface area (Å²) < 4.78 is 33.9. The van der Waals surface area contributed by atoms with Crippen molar-refractivity contribution in [2.75, 3.05) is 26.7 Å². The Hall–Kier alpha value is -3.04. The van der Waals surface area contributed by atoms with Crippen molar-refractivity contribution in [1.29, 1.82) is 0 Å². The molecule has 0 saturated carbocycles. The van der Waals surface area contributed by atoms with Gasteiger partial charge in [-0.2, -0.15) is 4.31 Å². The van der Waals surface area contributed by atoms with Gasteiger partial charge in [0.1, 0.15) is 22.7 Å². The number of piperazine rings is 1. The molecule has 4 heterocycles. The smallest absolute Gasteiger partial charge is 0.324 e. The lowest BCUT2D eigenvalue weighted by Gasteiger charge is -2.39. The van der Waals surface area contributed by atoms with Crippen LogP contribution in [0, 0.1) is 0 Å². The van der Waals surface area contributed by atoms with Gasteiger partial charge in [0.25, 0.3) is 15.9 Å². The van der Waals surface area contributed by atoms with E-state index < -0.39 is 45.5 Å². The third-order valence-corrected chi connectivity index (χ3v) is 10.4. The van der Waals surface area contributed by atoms with E-state index in [0.29, 0.717) is 28.2 Å². The molecule has 226 valence electrons. The second kappa shape index (κ2) is 11.2. The van der Waals surface area contributed by atoms with Gasteiger partial charge < -0.3 is 19.9 Å². The second-order valence-corrected chi connectivity index (χ2v) is 14.8. The minimum Gasteiger partial charge on any atom is -0.459 e. The number of benzene rings is 1. The summed E-state index contributed by atoms with van der Waals surface area (Å²) in [5.41, 5.74) is 0.601. The molecule has 0 bridgehead atoms. The number of carbonyl (C=O) groups excluding carboxylic acids is 3. The Morgan fingerprint density at radius 3 is 2.62 bits per heavy atom. The van der Waals surface area contributed by atoms with Crippen molar-refractivity contribution in [3.8, 4) is 0 Å². The fraction of sp³-hybridized carbons (Fsp3) is 0.481. The molecule has 0 spiro atoms. The minimum absolute atomic E-state index is 0.0124. The molecule has 1 aromatic carbocycles. The summed E-state index contributed by atoms with van der Waals surface area (Å²) >= 11 is 7.26. The molecule has 2 aliphatic rings. The van der Waals surface area contributed by atoms with Crippen LogP contribution in [0.4, 0.5) is 0 Å². The Balaban J connectivity index is 1.36. The first kappa shape index (κ1) is 30.4. The molecular formula is C27H33ClN6O6S2. The number of esters is 1. The molecule has 42 heavy (non-hydrogen) atoms. The van der Waals surface area contributed by atoms with Crippen LogP contribution in [0.5, 0.6) is 0 Å². The molecule has 0 aliphatic carbocycles. The largest absolute Gasteiger partial charge is 0.459 e. The van der Waals surface area contributed by atoms with Crippen LogP contribution in [-0.4, -0.2) is 89.7 Å². The topological polar surface area (TPSA) is 154 Å². The molecule has 2 amide bonds. The lowest BCUT2D eigenvalue weighted by Crippen LogP contribution is -2.61. The van der Waals surface area contributed by atoms with E-state index in [1.54, 1.807) is 39.0 Å². The molecule has 12 nitrogen and oxygen atoms in total. The molecule has 3 aromatic rings. The van der Waals surface area contributed by atoms with E-state index in [1.807, 2.05) is 6.92 Å². The number of carbonyl (C=O) groups is 3. The van der Waals surface area contributed by atoms with Gasteiger partial charge in [0.05, 0.1) is 5.69 Å². The first-order valence-electron chi connectivity index (χ1n) is 13.5. The Morgan fingerprint density at radius 1 is 1.19 bits per heavy atom. The number of halogens is 1. The number of hydrogen-bond acceptors (Lipinski definition) is 9. The molecule has 3 atom stereocenters. The molecule has 2 aromatic heterocycles. The van der Waals surface area contributed by atoms with E-state index in [9.17, 15) is 22.8 Å². The molecule has 15 heteroatoms. The SMILES string of the molecule is CNC(=O)C1CN(S(=O)(=O)c2cc3cc(Cl)ccc3[nH]2)CCN1C(=O)c1nc2c(s1)CNC(C(=O)OC(C)(C)C)C2C. The number of thiazole rings is 1. The lowest BCUT2D eigenvalue weighted by atomic mass is 9.94. The number of ether oxygens (including phenoxy) is 1. The van der Waals surface area contributed by atoms with Crippen LogP contribution in [0.2, 0.25) is 5.02 Å². The Morgan fingerprint density at radius 2 is 1.93 bits per heavy atom. The van der Waals surface area contributed by atoms with Crippen molar-refractivity contribution >= 4 is 61.6 Å². The summed E-state index contributed by atoms with van der Waals surface area (Å²) in [5, 5.41) is 7.01. The van der Waals surface area contributed by atoms with Crippen molar-refractivity contribution in [2.24, 2.45) is 0 Å². The number of aromatic amines is 1. The lowest BCUT2D eigenvalue weighted by molar-refractivity contribution is -0.158. The Kier molecular flexibility index (Phi) is 8.13. The summed E-state index contributed by atoms with van der Waals surface area (Å²) in [7, 11) is -2.57. The Bertz CT molecular complexity index is 1660. The average Bonchev–Trinajstić information content (AvgIpc) is 3.56. The number of aromatic nitrogens is 2. The number of H-pyrrole nitrogens is 1. The van der Waals surface area contributed by atoms with E-state index >= 15 is 0 Å².